The molecule has 1 saturated heterocycles. The fraction of sp³-hybridized carbons (Fsp3) is 1.00. The molecule has 0 amide bonds. The van der Waals surface area contributed by atoms with E-state index < -0.39 is 0 Å². The summed E-state index contributed by atoms with van der Waals surface area (Å²) < 4.78 is 0. The van der Waals surface area contributed by atoms with Crippen LogP contribution in [0.15, 0.2) is 0 Å². The molecule has 2 N–H and O–H groups in total. The van der Waals surface area contributed by atoms with Gasteiger partial charge < -0.3 is 5.73 Å². The molecule has 94 valence electrons. The van der Waals surface area contributed by atoms with Crippen molar-refractivity contribution in [3.63, 3.8) is 0 Å². The Morgan fingerprint density at radius 1 is 1.38 bits per heavy atom. The van der Waals surface area contributed by atoms with Gasteiger partial charge in [-0.2, -0.15) is 11.8 Å². The highest BCUT2D eigenvalue weighted by Crippen LogP contribution is 2.35. The molecule has 0 aromatic heterocycles. The van der Waals surface area contributed by atoms with E-state index in [4.69, 9.17) is 5.73 Å². The van der Waals surface area contributed by atoms with E-state index >= 15 is 0 Å². The van der Waals surface area contributed by atoms with Gasteiger partial charge in [-0.25, -0.2) is 0 Å². The third kappa shape index (κ3) is 2.57. The SMILES string of the molecule is CCN(CC1CCC1)C1(CN)CCCSC1. The van der Waals surface area contributed by atoms with E-state index in [1.807, 2.05) is 0 Å². The van der Waals surface area contributed by atoms with Crippen molar-refractivity contribution in [2.24, 2.45) is 11.7 Å². The van der Waals surface area contributed by atoms with Crippen LogP contribution in [0.25, 0.3) is 0 Å². The van der Waals surface area contributed by atoms with E-state index in [0.29, 0.717) is 5.54 Å². The number of likely N-dealkylation sites (N-methyl/N-ethyl adjacent to an activating group) is 1. The van der Waals surface area contributed by atoms with E-state index in [0.717, 1.165) is 12.5 Å². The molecule has 1 heterocycles. The Labute approximate surface area is 104 Å². The summed E-state index contributed by atoms with van der Waals surface area (Å²) in [6, 6.07) is 0. The first-order valence-electron chi connectivity index (χ1n) is 6.83. The minimum absolute atomic E-state index is 0.327. The van der Waals surface area contributed by atoms with Crippen LogP contribution in [-0.4, -0.2) is 41.6 Å². The maximum Gasteiger partial charge on any atom is 0.0422 e. The summed E-state index contributed by atoms with van der Waals surface area (Å²) in [5.41, 5.74) is 6.42. The average molecular weight is 242 g/mol. The Balaban J connectivity index is 1.97. The van der Waals surface area contributed by atoms with Crippen molar-refractivity contribution >= 4 is 11.8 Å². The second kappa shape index (κ2) is 5.74. The first kappa shape index (κ1) is 12.7. The summed E-state index contributed by atoms with van der Waals surface area (Å²) in [6.07, 6.45) is 7.02. The molecule has 16 heavy (non-hydrogen) atoms. The third-order valence-electron chi connectivity index (χ3n) is 4.44. The van der Waals surface area contributed by atoms with Gasteiger partial charge in [0.15, 0.2) is 0 Å². The molecule has 2 aliphatic rings. The van der Waals surface area contributed by atoms with Crippen LogP contribution in [0.1, 0.15) is 39.0 Å². The normalized spacial score (nSPS) is 31.7. The Morgan fingerprint density at radius 3 is 2.62 bits per heavy atom. The summed E-state index contributed by atoms with van der Waals surface area (Å²) >= 11 is 2.10. The second-order valence-electron chi connectivity index (χ2n) is 5.42. The predicted molar refractivity (Wildman–Crippen MR) is 72.9 cm³/mol. The van der Waals surface area contributed by atoms with Gasteiger partial charge in [-0.05, 0) is 43.9 Å². The maximum atomic E-state index is 6.09. The van der Waals surface area contributed by atoms with Crippen LogP contribution in [0.4, 0.5) is 0 Å². The van der Waals surface area contributed by atoms with Gasteiger partial charge in [-0.1, -0.05) is 13.3 Å². The van der Waals surface area contributed by atoms with E-state index in [1.165, 1.54) is 56.7 Å². The smallest absolute Gasteiger partial charge is 0.0422 e. The van der Waals surface area contributed by atoms with Crippen molar-refractivity contribution in [1.82, 2.24) is 4.90 Å². The molecule has 0 radical (unpaired) electrons. The number of rotatable bonds is 5. The molecule has 1 aliphatic heterocycles. The molecule has 1 saturated carbocycles. The lowest BCUT2D eigenvalue weighted by Crippen LogP contribution is -2.58. The first-order valence-corrected chi connectivity index (χ1v) is 7.99. The van der Waals surface area contributed by atoms with Crippen LogP contribution < -0.4 is 5.73 Å². The highest BCUT2D eigenvalue weighted by atomic mass is 32.2. The van der Waals surface area contributed by atoms with Crippen LogP contribution in [0.5, 0.6) is 0 Å². The zero-order valence-corrected chi connectivity index (χ0v) is 11.4. The summed E-state index contributed by atoms with van der Waals surface area (Å²) in [4.78, 5) is 2.70. The maximum absolute atomic E-state index is 6.09. The quantitative estimate of drug-likeness (QED) is 0.802. The largest absolute Gasteiger partial charge is 0.329 e. The molecular weight excluding hydrogens is 216 g/mol. The van der Waals surface area contributed by atoms with Crippen LogP contribution in [0, 0.1) is 5.92 Å². The predicted octanol–water partition coefficient (Wildman–Crippen LogP) is 2.33. The summed E-state index contributed by atoms with van der Waals surface area (Å²) in [5, 5.41) is 0. The summed E-state index contributed by atoms with van der Waals surface area (Å²) in [7, 11) is 0. The minimum Gasteiger partial charge on any atom is -0.329 e. The van der Waals surface area contributed by atoms with E-state index in [2.05, 4.69) is 23.6 Å². The second-order valence-corrected chi connectivity index (χ2v) is 6.53. The van der Waals surface area contributed by atoms with Crippen molar-refractivity contribution in [2.75, 3.05) is 31.1 Å². The highest BCUT2D eigenvalue weighted by Gasteiger charge is 2.37. The third-order valence-corrected chi connectivity index (χ3v) is 5.76. The molecule has 1 aliphatic carbocycles. The van der Waals surface area contributed by atoms with Crippen molar-refractivity contribution in [2.45, 2.75) is 44.6 Å². The van der Waals surface area contributed by atoms with Gasteiger partial charge >= 0.3 is 0 Å². The Morgan fingerprint density at radius 2 is 2.19 bits per heavy atom. The zero-order chi connectivity index (χ0) is 11.4. The van der Waals surface area contributed by atoms with Crippen LogP contribution in [0.2, 0.25) is 0 Å². The topological polar surface area (TPSA) is 29.3 Å². The molecule has 1 atom stereocenters. The Hall–Kier alpha value is 0.270. The van der Waals surface area contributed by atoms with E-state index in [1.54, 1.807) is 0 Å². The lowest BCUT2D eigenvalue weighted by molar-refractivity contribution is 0.0705. The molecule has 0 aromatic carbocycles. The molecule has 0 bridgehead atoms. The lowest BCUT2D eigenvalue weighted by Gasteiger charge is -2.47. The summed E-state index contributed by atoms with van der Waals surface area (Å²) in [6.45, 7) is 5.62. The zero-order valence-electron chi connectivity index (χ0n) is 10.6. The molecule has 0 spiro atoms. The van der Waals surface area contributed by atoms with Gasteiger partial charge in [0.1, 0.15) is 0 Å². The van der Waals surface area contributed by atoms with Crippen LogP contribution in [-0.2, 0) is 0 Å². The molecule has 0 aromatic rings. The van der Waals surface area contributed by atoms with E-state index in [-0.39, 0.29) is 0 Å². The fourth-order valence-electron chi connectivity index (χ4n) is 3.02. The number of nitrogens with zero attached hydrogens (tertiary/aromatic N) is 1. The van der Waals surface area contributed by atoms with Crippen molar-refractivity contribution in [3.8, 4) is 0 Å². The molecule has 1 unspecified atom stereocenters. The Bertz CT molecular complexity index is 210. The van der Waals surface area contributed by atoms with Crippen LogP contribution in [0.3, 0.4) is 0 Å². The van der Waals surface area contributed by atoms with Crippen LogP contribution >= 0.6 is 11.8 Å². The number of thioether (sulfide) groups is 1. The van der Waals surface area contributed by atoms with Gasteiger partial charge in [0.2, 0.25) is 0 Å². The fourth-order valence-corrected chi connectivity index (χ4v) is 4.34. The van der Waals surface area contributed by atoms with Crippen molar-refractivity contribution in [3.05, 3.63) is 0 Å². The lowest BCUT2D eigenvalue weighted by atomic mass is 9.83. The first-order chi connectivity index (χ1) is 7.80. The van der Waals surface area contributed by atoms with Gasteiger partial charge in [0.05, 0.1) is 0 Å². The molecule has 2 nitrogen and oxygen atoms in total. The standard InChI is InChI=1S/C13H26N2S/c1-2-15(9-12-5-3-6-12)13(10-14)7-4-8-16-11-13/h12H,2-11,14H2,1H3. The number of hydrogen-bond acceptors (Lipinski definition) is 3. The molecule has 2 rings (SSSR count). The molecular formula is C13H26N2S. The average Bonchev–Trinajstić information content (AvgIpc) is 2.29. The van der Waals surface area contributed by atoms with E-state index in [9.17, 15) is 0 Å². The molecule has 3 heteroatoms. The summed E-state index contributed by atoms with van der Waals surface area (Å²) in [5.74, 6) is 3.56. The van der Waals surface area contributed by atoms with Gasteiger partial charge in [-0.15, -0.1) is 0 Å². The highest BCUT2D eigenvalue weighted by molar-refractivity contribution is 7.99. The monoisotopic (exact) mass is 242 g/mol. The van der Waals surface area contributed by atoms with Crippen molar-refractivity contribution in [1.29, 1.82) is 0 Å². The van der Waals surface area contributed by atoms with Gasteiger partial charge in [-0.3, -0.25) is 4.90 Å². The van der Waals surface area contributed by atoms with Gasteiger partial charge in [0.25, 0.3) is 0 Å². The van der Waals surface area contributed by atoms with Gasteiger partial charge in [0, 0.05) is 24.4 Å². The number of hydrogen-bond donors (Lipinski definition) is 1. The molecule has 2 fully saturated rings. The minimum atomic E-state index is 0.327. The van der Waals surface area contributed by atoms with Crippen molar-refractivity contribution < 1.29 is 0 Å². The number of nitrogens with two attached hydrogens (primary N) is 1. The Kier molecular flexibility index (Phi) is 4.57.